The Morgan fingerprint density at radius 3 is 0.557 bits per heavy atom. The number of esters is 3. The van der Waals surface area contributed by atoms with Gasteiger partial charge in [-0.15, -0.1) is 0 Å². The number of phosphoric acid groups is 2. The molecular formula is C69H78N9O14P5. The molecule has 9 aromatic carbocycles. The molecule has 12 N–H and O–H groups in total. The number of guanidine groups is 3. The lowest BCUT2D eigenvalue weighted by molar-refractivity contribution is -0.432. The van der Waals surface area contributed by atoms with E-state index < -0.39 is 55.3 Å². The van der Waals surface area contributed by atoms with Crippen molar-refractivity contribution in [1.82, 2.24) is 14.7 Å². The number of likely N-dealkylation sites (N-methyl/N-ethyl adjacent to an activating group) is 3. The summed E-state index contributed by atoms with van der Waals surface area (Å²) in [6, 6.07) is 92.0. The molecule has 0 aromatic heterocycles. The van der Waals surface area contributed by atoms with Gasteiger partial charge in [-0.05, 0) is 109 Å². The fourth-order valence-electron chi connectivity index (χ4n) is 9.63. The zero-order valence-electron chi connectivity index (χ0n) is 53.4. The molecule has 0 atom stereocenters. The molecule has 0 unspecified atom stereocenters. The smallest absolute Gasteiger partial charge is 0.466 e. The van der Waals surface area contributed by atoms with Crippen LogP contribution in [0.4, 0.5) is 0 Å². The quantitative estimate of drug-likeness (QED) is 0.0164. The number of carbonyl (C=O) groups excluding carboxylic acids is 3. The topological polar surface area (TPSA) is 402 Å². The van der Waals surface area contributed by atoms with Crippen LogP contribution in [0.1, 0.15) is 0 Å². The SMILES string of the molecule is CN(CC(=O)OC[P+](c1ccccc1)(c1ccccc1)c1ccccc1)C(=N)N.CN(CC(=O)OC[P+](c1ccccc1)(c1ccccc1)c1ccccc1)C(=N)N.CN(CC(=O)OC[P+](c1ccccc1)(c1ccccc1)c1ccccc1)C(=N)N.O=P(O)(O)O.O=P([O-])([O-])[O-]. The molecule has 0 fully saturated rings. The highest BCUT2D eigenvalue weighted by molar-refractivity contribution is 7.96. The van der Waals surface area contributed by atoms with Crippen molar-refractivity contribution < 1.29 is 67.1 Å². The van der Waals surface area contributed by atoms with Gasteiger partial charge in [-0.2, -0.15) is 7.82 Å². The Labute approximate surface area is 566 Å². The Bertz CT molecular complexity index is 3290. The van der Waals surface area contributed by atoms with E-state index in [4.69, 9.17) is 86.1 Å². The summed E-state index contributed by atoms with van der Waals surface area (Å²) < 4.78 is 34.9. The van der Waals surface area contributed by atoms with Crippen LogP contribution in [0, 0.1) is 16.2 Å². The van der Waals surface area contributed by atoms with Crippen LogP contribution in [0.5, 0.6) is 0 Å². The maximum absolute atomic E-state index is 12.5. The van der Waals surface area contributed by atoms with Crippen molar-refractivity contribution in [3.05, 3.63) is 273 Å². The van der Waals surface area contributed by atoms with Crippen molar-refractivity contribution in [3.63, 3.8) is 0 Å². The van der Waals surface area contributed by atoms with Crippen LogP contribution >= 0.6 is 37.4 Å². The zero-order valence-corrected chi connectivity index (χ0v) is 57.8. The van der Waals surface area contributed by atoms with Crippen LogP contribution in [0.3, 0.4) is 0 Å². The van der Waals surface area contributed by atoms with Crippen molar-refractivity contribution in [2.45, 2.75) is 0 Å². The molecule has 9 rings (SSSR count). The minimum Gasteiger partial charge on any atom is -0.822 e. The fraction of sp³-hybridized carbons (Fsp3) is 0.130. The molecule has 0 aliphatic carbocycles. The Morgan fingerprint density at radius 1 is 0.340 bits per heavy atom. The average molecular weight is 1410 g/mol. The van der Waals surface area contributed by atoms with Crippen LogP contribution in [-0.4, -0.2) is 125 Å². The van der Waals surface area contributed by atoms with Gasteiger partial charge in [-0.1, -0.05) is 164 Å². The van der Waals surface area contributed by atoms with E-state index in [1.807, 2.05) is 164 Å². The van der Waals surface area contributed by atoms with E-state index >= 15 is 0 Å². The lowest BCUT2D eigenvalue weighted by atomic mass is 10.4. The molecule has 9 aromatic rings. The van der Waals surface area contributed by atoms with E-state index in [0.717, 1.165) is 47.7 Å². The van der Waals surface area contributed by atoms with E-state index in [0.29, 0.717) is 0 Å². The molecule has 0 spiro atoms. The monoisotopic (exact) mass is 1410 g/mol. The number of nitrogens with zero attached hydrogens (tertiary/aromatic N) is 3. The summed E-state index contributed by atoms with van der Waals surface area (Å²) in [5.74, 6) is -1.73. The van der Waals surface area contributed by atoms with Gasteiger partial charge in [0, 0.05) is 21.1 Å². The molecule has 0 aliphatic heterocycles. The van der Waals surface area contributed by atoms with Crippen molar-refractivity contribution >= 4 is 121 Å². The molecule has 0 aliphatic rings. The Morgan fingerprint density at radius 2 is 0.454 bits per heavy atom. The van der Waals surface area contributed by atoms with Gasteiger partial charge < -0.3 is 80.0 Å². The van der Waals surface area contributed by atoms with E-state index in [1.54, 1.807) is 21.1 Å². The first-order valence-corrected chi connectivity index (χ1v) is 38.3. The van der Waals surface area contributed by atoms with Gasteiger partial charge in [-0.3, -0.25) is 30.6 Å². The summed E-state index contributed by atoms with van der Waals surface area (Å²) in [4.78, 5) is 88.8. The van der Waals surface area contributed by atoms with E-state index in [-0.39, 0.29) is 56.6 Å². The number of hydrogen-bond donors (Lipinski definition) is 9. The standard InChI is InChI=1S/3C23H25N3O2P.2H3O4P/c3*1-26(23(24)25)17-22(27)28-18-29(19-11-5-2-6-12-19,20-13-7-3-8-14-20)21-15-9-4-10-16-21;2*1-5(2,3)4/h3*2-16H,17-18H2,1H3,(H3,24,25);2*(H3,1,2,3,4)/q3*+1;;/p-3. The predicted molar refractivity (Wildman–Crippen MR) is 384 cm³/mol. The summed E-state index contributed by atoms with van der Waals surface area (Å²) in [6.07, 6.45) is 0.737. The highest BCUT2D eigenvalue weighted by atomic mass is 31.2. The third kappa shape index (κ3) is 24.7. The van der Waals surface area contributed by atoms with Gasteiger partial charge in [0.05, 0.1) is 0 Å². The highest BCUT2D eigenvalue weighted by Crippen LogP contribution is 2.57. The van der Waals surface area contributed by atoms with E-state index in [2.05, 4.69) is 109 Å². The predicted octanol–water partition coefficient (Wildman–Crippen LogP) is 3.17. The second-order valence-corrected chi connectivity index (χ2v) is 33.3. The van der Waals surface area contributed by atoms with Crippen LogP contribution in [-0.2, 0) is 37.7 Å². The van der Waals surface area contributed by atoms with Gasteiger partial charge in [0.2, 0.25) is 19.0 Å². The first-order valence-electron chi connectivity index (χ1n) is 29.4. The number of carbonyl (C=O) groups is 3. The number of nitrogens with one attached hydrogen (secondary N) is 3. The Hall–Kier alpha value is -9.29. The molecule has 0 amide bonds. The molecule has 0 saturated carbocycles. The minimum absolute atomic E-state index is 0.0618. The molecule has 0 saturated heterocycles. The van der Waals surface area contributed by atoms with Crippen molar-refractivity contribution in [2.24, 2.45) is 17.2 Å². The van der Waals surface area contributed by atoms with Gasteiger partial charge in [-0.25, -0.2) is 4.57 Å². The third-order valence-corrected chi connectivity index (χ3v) is 26.5. The Balaban J connectivity index is 0.000000245. The molecule has 0 heterocycles. The lowest BCUT2D eigenvalue weighted by Gasteiger charge is -2.36. The van der Waals surface area contributed by atoms with Crippen LogP contribution in [0.2, 0.25) is 0 Å². The molecule has 97 heavy (non-hydrogen) atoms. The maximum Gasteiger partial charge on any atom is 0.466 e. The molecule has 508 valence electrons. The molecule has 0 radical (unpaired) electrons. The number of benzene rings is 9. The summed E-state index contributed by atoms with van der Waals surface area (Å²) in [7, 11) is -11.9. The van der Waals surface area contributed by atoms with Crippen molar-refractivity contribution in [3.8, 4) is 0 Å². The number of hydrogen-bond acceptors (Lipinski definition) is 14. The van der Waals surface area contributed by atoms with Gasteiger partial charge in [0.1, 0.15) is 67.4 Å². The van der Waals surface area contributed by atoms with Crippen molar-refractivity contribution in [1.29, 1.82) is 16.2 Å². The lowest BCUT2D eigenvalue weighted by Crippen LogP contribution is -2.39. The minimum atomic E-state index is -5.39. The van der Waals surface area contributed by atoms with Gasteiger partial charge in [0.25, 0.3) is 0 Å². The van der Waals surface area contributed by atoms with E-state index in [9.17, 15) is 14.4 Å². The van der Waals surface area contributed by atoms with Crippen LogP contribution < -0.4 is 79.6 Å². The second kappa shape index (κ2) is 38.5. The fourth-order valence-corrected chi connectivity index (χ4v) is 20.8. The van der Waals surface area contributed by atoms with Crippen LogP contribution in [0.15, 0.2) is 273 Å². The van der Waals surface area contributed by atoms with Gasteiger partial charge >= 0.3 is 25.7 Å². The normalized spacial score (nSPS) is 11.0. The first kappa shape index (κ1) is 78.4. The molecule has 28 heteroatoms. The number of rotatable bonds is 21. The summed E-state index contributed by atoms with van der Waals surface area (Å²) >= 11 is 0. The zero-order chi connectivity index (χ0) is 71.1. The maximum atomic E-state index is 12.5. The number of ether oxygens (including phenoxy) is 3. The average Bonchev–Trinajstić information content (AvgIpc) is 0.776. The summed E-state index contributed by atoms with van der Waals surface area (Å²) in [5.41, 5.74) is 16.3. The van der Waals surface area contributed by atoms with Gasteiger partial charge in [0.15, 0.2) is 39.7 Å². The molecular weight excluding hydrogens is 1330 g/mol. The van der Waals surface area contributed by atoms with Crippen LogP contribution in [0.25, 0.3) is 0 Å². The highest BCUT2D eigenvalue weighted by Gasteiger charge is 2.49. The van der Waals surface area contributed by atoms with E-state index in [1.165, 1.54) is 14.7 Å². The number of nitrogens with two attached hydrogens (primary N) is 3. The Kier molecular flexibility index (Phi) is 31.1. The second-order valence-electron chi connectivity index (χ2n) is 21.1. The summed E-state index contributed by atoms with van der Waals surface area (Å²) in [5, 5.41) is 32.7. The third-order valence-electron chi connectivity index (χ3n) is 14.4. The molecule has 0 bridgehead atoms. The largest absolute Gasteiger partial charge is 0.822 e. The first-order chi connectivity index (χ1) is 46.1. The molecule has 23 nitrogen and oxygen atoms in total. The van der Waals surface area contributed by atoms with Crippen molar-refractivity contribution in [2.75, 3.05) is 59.8 Å². The summed E-state index contributed by atoms with van der Waals surface area (Å²) in [6.45, 7) is -0.185.